The lowest BCUT2D eigenvalue weighted by Crippen LogP contribution is -2.48. The smallest absolute Gasteiger partial charge is 0.258 e. The van der Waals surface area contributed by atoms with Gasteiger partial charge in [0.2, 0.25) is 5.91 Å². The number of para-hydroxylation sites is 1. The van der Waals surface area contributed by atoms with Crippen molar-refractivity contribution in [3.8, 4) is 0 Å². The van der Waals surface area contributed by atoms with Gasteiger partial charge in [-0.1, -0.05) is 25.1 Å². The minimum Gasteiger partial charge on any atom is -0.460 e. The molecule has 32 heavy (non-hydrogen) atoms. The number of furan rings is 1. The minimum absolute atomic E-state index is 0.00774. The number of hydrogen-bond donors (Lipinski definition) is 0. The molecule has 0 atom stereocenters. The van der Waals surface area contributed by atoms with E-state index in [1.807, 2.05) is 40.6 Å². The number of amides is 1. The molecule has 1 fully saturated rings. The molecule has 1 amide bonds. The number of benzene rings is 1. The zero-order chi connectivity index (χ0) is 22.1. The first kappa shape index (κ1) is 20.7. The van der Waals surface area contributed by atoms with E-state index >= 15 is 0 Å². The fourth-order valence-corrected chi connectivity index (χ4v) is 4.88. The van der Waals surface area contributed by atoms with Gasteiger partial charge in [0.15, 0.2) is 4.96 Å². The highest BCUT2D eigenvalue weighted by Crippen LogP contribution is 2.27. The van der Waals surface area contributed by atoms with E-state index in [4.69, 9.17) is 4.42 Å². The molecule has 1 aliphatic rings. The highest BCUT2D eigenvalue weighted by atomic mass is 32.1. The summed E-state index contributed by atoms with van der Waals surface area (Å²) in [4.78, 5) is 34.4. The number of thiazole rings is 1. The van der Waals surface area contributed by atoms with Gasteiger partial charge < -0.3 is 9.32 Å². The average Bonchev–Trinajstić information content (AvgIpc) is 3.42. The number of fused-ring (bicyclic) bond motifs is 2. The van der Waals surface area contributed by atoms with Crippen molar-refractivity contribution in [2.75, 3.05) is 26.2 Å². The van der Waals surface area contributed by atoms with Gasteiger partial charge in [-0.05, 0) is 12.1 Å². The van der Waals surface area contributed by atoms with Crippen molar-refractivity contribution < 1.29 is 9.21 Å². The van der Waals surface area contributed by atoms with Crippen molar-refractivity contribution in [2.24, 2.45) is 0 Å². The lowest BCUT2D eigenvalue weighted by Gasteiger charge is -2.34. The van der Waals surface area contributed by atoms with Crippen LogP contribution >= 0.6 is 11.3 Å². The van der Waals surface area contributed by atoms with E-state index in [1.165, 1.54) is 11.3 Å². The van der Waals surface area contributed by atoms with Crippen LogP contribution in [-0.4, -0.2) is 51.3 Å². The molecule has 5 rings (SSSR count). The van der Waals surface area contributed by atoms with Crippen molar-refractivity contribution in [3.05, 3.63) is 75.4 Å². The standard InChI is InChI=1S/C24H24N4O3S/c1-2-20-19(18-5-3-4-6-21(18)31-20)7-8-22(29)27-11-9-26(10-12-27)16-17-15-23(30)28-13-14-32-24(28)25-17/h3-8,13-15H,2,9-12,16H2,1H3/b8-7+. The third-order valence-corrected chi connectivity index (χ3v) is 6.61. The van der Waals surface area contributed by atoms with E-state index in [-0.39, 0.29) is 11.5 Å². The number of nitrogens with zero attached hydrogens (tertiary/aromatic N) is 4. The summed E-state index contributed by atoms with van der Waals surface area (Å²) in [7, 11) is 0. The number of carbonyl (C=O) groups is 1. The third kappa shape index (κ3) is 3.99. The molecular weight excluding hydrogens is 424 g/mol. The second-order valence-electron chi connectivity index (χ2n) is 7.86. The van der Waals surface area contributed by atoms with Gasteiger partial charge in [-0.25, -0.2) is 4.98 Å². The first-order valence-corrected chi connectivity index (χ1v) is 11.7. The topological polar surface area (TPSA) is 71.1 Å². The second-order valence-corrected chi connectivity index (χ2v) is 8.74. The van der Waals surface area contributed by atoms with Crippen LogP contribution in [0.2, 0.25) is 0 Å². The Labute approximate surface area is 189 Å². The first-order valence-electron chi connectivity index (χ1n) is 10.8. The second kappa shape index (κ2) is 8.72. The molecule has 1 saturated heterocycles. The van der Waals surface area contributed by atoms with Crippen LogP contribution in [0.1, 0.15) is 23.9 Å². The molecule has 0 unspecified atom stereocenters. The van der Waals surface area contributed by atoms with E-state index in [9.17, 15) is 9.59 Å². The van der Waals surface area contributed by atoms with Crippen LogP contribution in [0.15, 0.2) is 57.2 Å². The average molecular weight is 449 g/mol. The third-order valence-electron chi connectivity index (χ3n) is 5.85. The first-order chi connectivity index (χ1) is 15.6. The largest absolute Gasteiger partial charge is 0.460 e. The summed E-state index contributed by atoms with van der Waals surface area (Å²) in [6.45, 7) is 5.46. The fraction of sp³-hybridized carbons (Fsp3) is 0.292. The van der Waals surface area contributed by atoms with Crippen molar-refractivity contribution in [2.45, 2.75) is 19.9 Å². The number of aryl methyl sites for hydroxylation is 1. The molecule has 0 N–H and O–H groups in total. The lowest BCUT2D eigenvalue weighted by molar-refractivity contribution is -0.127. The van der Waals surface area contributed by atoms with Crippen molar-refractivity contribution in [1.29, 1.82) is 0 Å². The molecule has 7 nitrogen and oxygen atoms in total. The summed E-state index contributed by atoms with van der Waals surface area (Å²) in [5.74, 6) is 0.902. The van der Waals surface area contributed by atoms with E-state index in [2.05, 4.69) is 16.8 Å². The molecule has 0 bridgehead atoms. The Hall–Kier alpha value is -3.23. The number of rotatable bonds is 5. The molecule has 8 heteroatoms. The maximum absolute atomic E-state index is 12.8. The molecular formula is C24H24N4O3S. The number of piperazine rings is 1. The van der Waals surface area contributed by atoms with Gasteiger partial charge in [0.25, 0.3) is 5.56 Å². The normalized spacial score (nSPS) is 15.3. The molecule has 1 aromatic carbocycles. The molecule has 164 valence electrons. The summed E-state index contributed by atoms with van der Waals surface area (Å²) in [5.41, 5.74) is 2.55. The van der Waals surface area contributed by atoms with Gasteiger partial charge in [-0.15, -0.1) is 11.3 Å². The van der Waals surface area contributed by atoms with Crippen LogP contribution in [0.25, 0.3) is 22.0 Å². The van der Waals surface area contributed by atoms with Crippen LogP contribution in [-0.2, 0) is 17.8 Å². The predicted molar refractivity (Wildman–Crippen MR) is 126 cm³/mol. The Morgan fingerprint density at radius 2 is 2.03 bits per heavy atom. The maximum atomic E-state index is 12.8. The van der Waals surface area contributed by atoms with Crippen LogP contribution in [0.5, 0.6) is 0 Å². The summed E-state index contributed by atoms with van der Waals surface area (Å²) < 4.78 is 7.47. The van der Waals surface area contributed by atoms with E-state index in [0.29, 0.717) is 24.6 Å². The summed E-state index contributed by atoms with van der Waals surface area (Å²) in [6.07, 6.45) is 6.05. The molecule has 0 saturated carbocycles. The number of aromatic nitrogens is 2. The van der Waals surface area contributed by atoms with Crippen LogP contribution < -0.4 is 5.56 Å². The fourth-order valence-electron chi connectivity index (χ4n) is 4.15. The molecule has 1 aliphatic heterocycles. The molecule has 3 aromatic heterocycles. The van der Waals surface area contributed by atoms with Crippen LogP contribution in [0.3, 0.4) is 0 Å². The molecule has 0 spiro atoms. The van der Waals surface area contributed by atoms with Crippen LogP contribution in [0.4, 0.5) is 0 Å². The quantitative estimate of drug-likeness (QED) is 0.438. The van der Waals surface area contributed by atoms with Gasteiger partial charge >= 0.3 is 0 Å². The van der Waals surface area contributed by atoms with E-state index < -0.39 is 0 Å². The summed E-state index contributed by atoms with van der Waals surface area (Å²) >= 11 is 1.46. The van der Waals surface area contributed by atoms with Crippen molar-refractivity contribution in [1.82, 2.24) is 19.2 Å². The van der Waals surface area contributed by atoms with Crippen LogP contribution in [0, 0.1) is 0 Å². The Kier molecular flexibility index (Phi) is 5.63. The van der Waals surface area contributed by atoms with Gasteiger partial charge in [0.05, 0.1) is 5.69 Å². The predicted octanol–water partition coefficient (Wildman–Crippen LogP) is 3.42. The lowest BCUT2D eigenvalue weighted by atomic mass is 10.1. The summed E-state index contributed by atoms with van der Waals surface area (Å²) in [6, 6.07) is 9.50. The molecule has 0 radical (unpaired) electrons. The maximum Gasteiger partial charge on any atom is 0.258 e. The summed E-state index contributed by atoms with van der Waals surface area (Å²) in [5, 5.41) is 2.89. The molecule has 0 aliphatic carbocycles. The van der Waals surface area contributed by atoms with E-state index in [0.717, 1.165) is 47.5 Å². The van der Waals surface area contributed by atoms with E-state index in [1.54, 1.807) is 22.7 Å². The Morgan fingerprint density at radius 1 is 1.22 bits per heavy atom. The highest BCUT2D eigenvalue weighted by Gasteiger charge is 2.21. The molecule has 4 heterocycles. The van der Waals surface area contributed by atoms with Gasteiger partial charge in [-0.3, -0.25) is 18.9 Å². The van der Waals surface area contributed by atoms with Gasteiger partial charge in [0, 0.05) is 73.8 Å². The van der Waals surface area contributed by atoms with Gasteiger partial charge in [0.1, 0.15) is 11.3 Å². The number of hydrogen-bond acceptors (Lipinski definition) is 6. The monoisotopic (exact) mass is 448 g/mol. The Balaban J connectivity index is 1.22. The Morgan fingerprint density at radius 3 is 2.84 bits per heavy atom. The SMILES string of the molecule is CCc1oc2ccccc2c1/C=C/C(=O)N1CCN(Cc2cc(=O)n3ccsc3n2)CC1. The highest BCUT2D eigenvalue weighted by molar-refractivity contribution is 7.15. The minimum atomic E-state index is -0.0524. The Bertz CT molecular complexity index is 1360. The number of carbonyl (C=O) groups excluding carboxylic acids is 1. The van der Waals surface area contributed by atoms with Crippen molar-refractivity contribution >= 4 is 39.3 Å². The van der Waals surface area contributed by atoms with Crippen molar-refractivity contribution in [3.63, 3.8) is 0 Å². The molecule has 4 aromatic rings. The zero-order valence-electron chi connectivity index (χ0n) is 17.9. The van der Waals surface area contributed by atoms with Gasteiger partial charge in [-0.2, -0.15) is 0 Å². The zero-order valence-corrected chi connectivity index (χ0v) is 18.7.